The second-order valence-electron chi connectivity index (χ2n) is 2.84. The quantitative estimate of drug-likeness (QED) is 0.771. The van der Waals surface area contributed by atoms with Gasteiger partial charge >= 0.3 is 0 Å². The lowest BCUT2D eigenvalue weighted by molar-refractivity contribution is 0.546. The number of nitrogens with zero attached hydrogens (tertiary/aromatic N) is 2. The van der Waals surface area contributed by atoms with E-state index in [-0.39, 0.29) is 6.42 Å². The van der Waals surface area contributed by atoms with Crippen LogP contribution in [0.5, 0.6) is 0 Å². The Morgan fingerprint density at radius 3 is 3.07 bits per heavy atom. The molecule has 0 bridgehead atoms. The highest BCUT2D eigenvalue weighted by Crippen LogP contribution is 2.21. The standard InChI is InChI=1S/C10H7BrN2O/c11-6-7-2-1-3-8-10(7)14-9(13-8)4-5-12/h1-3H,4,6H2. The lowest BCUT2D eigenvalue weighted by Crippen LogP contribution is -1.77. The van der Waals surface area contributed by atoms with Gasteiger partial charge in [-0.1, -0.05) is 28.1 Å². The lowest BCUT2D eigenvalue weighted by atomic mass is 10.2. The first-order chi connectivity index (χ1) is 6.85. The molecule has 0 spiro atoms. The van der Waals surface area contributed by atoms with Gasteiger partial charge in [0.25, 0.3) is 0 Å². The highest BCUT2D eigenvalue weighted by molar-refractivity contribution is 9.08. The number of aromatic nitrogens is 1. The van der Waals surface area contributed by atoms with Crippen LogP contribution < -0.4 is 0 Å². The summed E-state index contributed by atoms with van der Waals surface area (Å²) in [6, 6.07) is 7.79. The minimum Gasteiger partial charge on any atom is -0.439 e. The Hall–Kier alpha value is -1.34. The summed E-state index contributed by atoms with van der Waals surface area (Å²) in [5.41, 5.74) is 2.64. The molecule has 0 unspecified atom stereocenters. The molecule has 0 aliphatic carbocycles. The van der Waals surface area contributed by atoms with Crippen LogP contribution in [0.25, 0.3) is 11.1 Å². The van der Waals surface area contributed by atoms with Crippen molar-refractivity contribution in [2.75, 3.05) is 0 Å². The van der Waals surface area contributed by atoms with Crippen molar-refractivity contribution in [3.63, 3.8) is 0 Å². The fourth-order valence-electron chi connectivity index (χ4n) is 1.30. The summed E-state index contributed by atoms with van der Waals surface area (Å²) < 4.78 is 5.47. The first-order valence-electron chi connectivity index (χ1n) is 4.15. The second kappa shape index (κ2) is 3.81. The number of hydrogen-bond donors (Lipinski definition) is 0. The zero-order chi connectivity index (χ0) is 9.97. The molecule has 1 heterocycles. The van der Waals surface area contributed by atoms with E-state index in [0.29, 0.717) is 5.89 Å². The summed E-state index contributed by atoms with van der Waals surface area (Å²) in [6.45, 7) is 0. The highest BCUT2D eigenvalue weighted by atomic mass is 79.9. The largest absolute Gasteiger partial charge is 0.439 e. The zero-order valence-electron chi connectivity index (χ0n) is 7.33. The smallest absolute Gasteiger partial charge is 0.209 e. The first kappa shape index (κ1) is 9.22. The fraction of sp³-hybridized carbons (Fsp3) is 0.200. The fourth-order valence-corrected chi connectivity index (χ4v) is 1.74. The molecule has 0 aliphatic rings. The molecule has 0 radical (unpaired) electrons. The minimum atomic E-state index is 0.219. The van der Waals surface area contributed by atoms with Crippen molar-refractivity contribution in [1.29, 1.82) is 5.26 Å². The number of nitriles is 1. The SMILES string of the molecule is N#CCc1nc2cccc(CBr)c2o1. The van der Waals surface area contributed by atoms with Crippen molar-refractivity contribution in [1.82, 2.24) is 4.98 Å². The summed E-state index contributed by atoms with van der Waals surface area (Å²) in [5, 5.41) is 9.24. The highest BCUT2D eigenvalue weighted by Gasteiger charge is 2.08. The molecular weight excluding hydrogens is 244 g/mol. The molecule has 2 aromatic rings. The van der Waals surface area contributed by atoms with Crippen molar-refractivity contribution in [3.05, 3.63) is 29.7 Å². The molecule has 2 rings (SSSR count). The van der Waals surface area contributed by atoms with E-state index in [4.69, 9.17) is 9.68 Å². The summed E-state index contributed by atoms with van der Waals surface area (Å²) in [4.78, 5) is 4.20. The normalized spacial score (nSPS) is 10.3. The van der Waals surface area contributed by atoms with Crippen LogP contribution in [0.3, 0.4) is 0 Å². The van der Waals surface area contributed by atoms with Crippen molar-refractivity contribution >= 4 is 27.0 Å². The van der Waals surface area contributed by atoms with E-state index in [1.165, 1.54) is 0 Å². The predicted octanol–water partition coefficient (Wildman–Crippen LogP) is 2.79. The number of halogens is 1. The van der Waals surface area contributed by atoms with Crippen LogP contribution in [0, 0.1) is 11.3 Å². The molecule has 4 heteroatoms. The number of fused-ring (bicyclic) bond motifs is 1. The van der Waals surface area contributed by atoms with E-state index >= 15 is 0 Å². The van der Waals surface area contributed by atoms with Crippen LogP contribution in [0.15, 0.2) is 22.6 Å². The van der Waals surface area contributed by atoms with Gasteiger partial charge in [-0.05, 0) is 6.07 Å². The van der Waals surface area contributed by atoms with Gasteiger partial charge < -0.3 is 4.42 Å². The van der Waals surface area contributed by atoms with Crippen LogP contribution in [-0.2, 0) is 11.8 Å². The molecule has 0 atom stereocenters. The zero-order valence-corrected chi connectivity index (χ0v) is 8.91. The molecular formula is C10H7BrN2O. The summed E-state index contributed by atoms with van der Waals surface area (Å²) in [6.07, 6.45) is 0.219. The maximum Gasteiger partial charge on any atom is 0.209 e. The number of rotatable bonds is 2. The Kier molecular flexibility index (Phi) is 2.51. The summed E-state index contributed by atoms with van der Waals surface area (Å²) in [7, 11) is 0. The second-order valence-corrected chi connectivity index (χ2v) is 3.40. The van der Waals surface area contributed by atoms with E-state index in [0.717, 1.165) is 22.0 Å². The molecule has 14 heavy (non-hydrogen) atoms. The molecule has 1 aromatic heterocycles. The van der Waals surface area contributed by atoms with Gasteiger partial charge in [0, 0.05) is 10.9 Å². The average molecular weight is 251 g/mol. The van der Waals surface area contributed by atoms with Gasteiger partial charge in [0.2, 0.25) is 5.89 Å². The van der Waals surface area contributed by atoms with Gasteiger partial charge in [0.05, 0.1) is 6.07 Å². The number of benzene rings is 1. The number of oxazole rings is 1. The van der Waals surface area contributed by atoms with Crippen molar-refractivity contribution in [2.45, 2.75) is 11.8 Å². The van der Waals surface area contributed by atoms with E-state index in [1.807, 2.05) is 24.3 Å². The molecule has 0 amide bonds. The number of para-hydroxylation sites is 1. The maximum atomic E-state index is 8.51. The Labute approximate surface area is 89.5 Å². The van der Waals surface area contributed by atoms with Crippen LogP contribution in [0.2, 0.25) is 0 Å². The minimum absolute atomic E-state index is 0.219. The van der Waals surface area contributed by atoms with Crippen LogP contribution in [0.4, 0.5) is 0 Å². The molecule has 0 saturated carbocycles. The third kappa shape index (κ3) is 1.51. The third-order valence-corrected chi connectivity index (χ3v) is 2.52. The Morgan fingerprint density at radius 1 is 1.50 bits per heavy atom. The van der Waals surface area contributed by atoms with Crippen molar-refractivity contribution in [2.24, 2.45) is 0 Å². The first-order valence-corrected chi connectivity index (χ1v) is 5.27. The van der Waals surface area contributed by atoms with E-state index in [1.54, 1.807) is 0 Å². The van der Waals surface area contributed by atoms with E-state index < -0.39 is 0 Å². The van der Waals surface area contributed by atoms with Gasteiger partial charge in [0.1, 0.15) is 11.9 Å². The van der Waals surface area contributed by atoms with E-state index in [2.05, 4.69) is 20.9 Å². The Morgan fingerprint density at radius 2 is 2.36 bits per heavy atom. The van der Waals surface area contributed by atoms with Gasteiger partial charge in [-0.2, -0.15) is 5.26 Å². The van der Waals surface area contributed by atoms with E-state index in [9.17, 15) is 0 Å². The van der Waals surface area contributed by atoms with Crippen molar-refractivity contribution < 1.29 is 4.42 Å². The van der Waals surface area contributed by atoms with Crippen LogP contribution >= 0.6 is 15.9 Å². The summed E-state index contributed by atoms with van der Waals surface area (Å²) in [5.74, 6) is 0.482. The molecule has 3 nitrogen and oxygen atoms in total. The third-order valence-electron chi connectivity index (χ3n) is 1.92. The average Bonchev–Trinajstić information content (AvgIpc) is 2.60. The molecule has 70 valence electrons. The van der Waals surface area contributed by atoms with Gasteiger partial charge in [-0.3, -0.25) is 0 Å². The Bertz CT molecular complexity index is 498. The van der Waals surface area contributed by atoms with Gasteiger partial charge in [-0.25, -0.2) is 4.98 Å². The molecule has 1 aromatic carbocycles. The molecule has 0 fully saturated rings. The number of hydrogen-bond acceptors (Lipinski definition) is 3. The number of alkyl halides is 1. The van der Waals surface area contributed by atoms with Crippen molar-refractivity contribution in [3.8, 4) is 6.07 Å². The monoisotopic (exact) mass is 250 g/mol. The van der Waals surface area contributed by atoms with Crippen LogP contribution in [0.1, 0.15) is 11.5 Å². The predicted molar refractivity (Wildman–Crippen MR) is 56.0 cm³/mol. The molecule has 0 aliphatic heterocycles. The molecule has 0 N–H and O–H groups in total. The van der Waals surface area contributed by atoms with Gasteiger partial charge in [0.15, 0.2) is 5.58 Å². The van der Waals surface area contributed by atoms with Crippen LogP contribution in [-0.4, -0.2) is 4.98 Å². The topological polar surface area (TPSA) is 49.8 Å². The molecule has 0 saturated heterocycles. The maximum absolute atomic E-state index is 8.51. The Balaban J connectivity index is 2.59. The van der Waals surface area contributed by atoms with Gasteiger partial charge in [-0.15, -0.1) is 0 Å². The lowest BCUT2D eigenvalue weighted by Gasteiger charge is -1.93. The summed E-state index contributed by atoms with van der Waals surface area (Å²) >= 11 is 3.37.